The highest BCUT2D eigenvalue weighted by molar-refractivity contribution is 7.91. The highest BCUT2D eigenvalue weighted by atomic mass is 32.2. The molecule has 0 saturated carbocycles. The molecule has 126 valence electrons. The van der Waals surface area contributed by atoms with Crippen molar-refractivity contribution < 1.29 is 13.2 Å². The third-order valence-electron chi connectivity index (χ3n) is 4.88. The zero-order valence-electron chi connectivity index (χ0n) is 13.3. The predicted octanol–water partition coefficient (Wildman–Crippen LogP) is 0.953. The minimum absolute atomic E-state index is 0.0938. The molecule has 1 atom stereocenters. The number of benzene rings is 1. The summed E-state index contributed by atoms with van der Waals surface area (Å²) >= 11 is 0. The predicted molar refractivity (Wildman–Crippen MR) is 90.2 cm³/mol. The summed E-state index contributed by atoms with van der Waals surface area (Å²) in [6.45, 7) is 2.47. The second-order valence-corrected chi connectivity index (χ2v) is 8.79. The summed E-state index contributed by atoms with van der Waals surface area (Å²) < 4.78 is 22.8. The van der Waals surface area contributed by atoms with Crippen LogP contribution in [-0.4, -0.2) is 56.9 Å². The van der Waals surface area contributed by atoms with Gasteiger partial charge in [0.25, 0.3) is 0 Å². The van der Waals surface area contributed by atoms with Crippen molar-refractivity contribution in [3.8, 4) is 0 Å². The molecule has 2 aliphatic rings. The fourth-order valence-corrected chi connectivity index (χ4v) is 4.76. The van der Waals surface area contributed by atoms with Gasteiger partial charge < -0.3 is 5.32 Å². The van der Waals surface area contributed by atoms with E-state index in [1.165, 1.54) is 11.1 Å². The lowest BCUT2D eigenvalue weighted by molar-refractivity contribution is -0.121. The Bertz CT molecular complexity index is 658. The molecule has 23 heavy (non-hydrogen) atoms. The number of aryl methyl sites for hydroxylation is 1. The van der Waals surface area contributed by atoms with E-state index in [1.54, 1.807) is 0 Å². The van der Waals surface area contributed by atoms with Gasteiger partial charge in [0.1, 0.15) is 0 Å². The summed E-state index contributed by atoms with van der Waals surface area (Å²) in [5.74, 6) is 0.905. The third-order valence-corrected chi connectivity index (χ3v) is 6.49. The van der Waals surface area contributed by atoms with Crippen LogP contribution in [0.25, 0.3) is 0 Å². The minimum atomic E-state index is -2.83. The average molecular weight is 336 g/mol. The van der Waals surface area contributed by atoms with Crippen LogP contribution in [0.3, 0.4) is 0 Å². The molecular formula is C17H24N2O3S. The van der Waals surface area contributed by atoms with Gasteiger partial charge in [-0.15, -0.1) is 0 Å². The highest BCUT2D eigenvalue weighted by Gasteiger charge is 2.24. The third kappa shape index (κ3) is 4.32. The van der Waals surface area contributed by atoms with E-state index >= 15 is 0 Å². The first-order chi connectivity index (χ1) is 11.0. The van der Waals surface area contributed by atoms with Crippen molar-refractivity contribution in [3.05, 3.63) is 35.4 Å². The molecule has 1 aliphatic heterocycles. The second kappa shape index (κ2) is 7.01. The van der Waals surface area contributed by atoms with Gasteiger partial charge in [-0.25, -0.2) is 8.42 Å². The Balaban J connectivity index is 1.39. The maximum absolute atomic E-state index is 12.1. The van der Waals surface area contributed by atoms with E-state index in [0.29, 0.717) is 32.0 Å². The van der Waals surface area contributed by atoms with Crippen molar-refractivity contribution in [1.82, 2.24) is 10.2 Å². The van der Waals surface area contributed by atoms with Crippen molar-refractivity contribution in [3.63, 3.8) is 0 Å². The number of rotatable bonds is 5. The topological polar surface area (TPSA) is 66.5 Å². The zero-order chi connectivity index (χ0) is 16.3. The van der Waals surface area contributed by atoms with Crippen LogP contribution in [0.4, 0.5) is 0 Å². The van der Waals surface area contributed by atoms with Crippen molar-refractivity contribution in [2.75, 3.05) is 37.7 Å². The summed E-state index contributed by atoms with van der Waals surface area (Å²) in [5, 5.41) is 2.98. The van der Waals surface area contributed by atoms with E-state index in [0.717, 1.165) is 19.4 Å². The largest absolute Gasteiger partial charge is 0.355 e. The SMILES string of the molecule is O=C(CC1CCc2ccccc21)NCCN1CCS(=O)(=O)CC1. The van der Waals surface area contributed by atoms with Gasteiger partial charge >= 0.3 is 0 Å². The summed E-state index contributed by atoms with van der Waals surface area (Å²) in [5.41, 5.74) is 2.70. The number of carbonyl (C=O) groups is 1. The van der Waals surface area contributed by atoms with E-state index in [2.05, 4.69) is 28.4 Å². The number of amides is 1. The van der Waals surface area contributed by atoms with Gasteiger partial charge in [-0.3, -0.25) is 9.69 Å². The molecule has 0 radical (unpaired) electrons. The summed E-state index contributed by atoms with van der Waals surface area (Å²) in [6, 6.07) is 8.38. The van der Waals surface area contributed by atoms with Gasteiger partial charge in [-0.1, -0.05) is 24.3 Å². The first-order valence-electron chi connectivity index (χ1n) is 8.31. The average Bonchev–Trinajstić information content (AvgIpc) is 2.92. The van der Waals surface area contributed by atoms with E-state index in [1.807, 2.05) is 6.07 Å². The second-order valence-electron chi connectivity index (χ2n) is 6.48. The van der Waals surface area contributed by atoms with Gasteiger partial charge in [0.2, 0.25) is 5.91 Å². The summed E-state index contributed by atoms with van der Waals surface area (Å²) in [7, 11) is -2.83. The molecule has 1 N–H and O–H groups in total. The molecule has 1 aliphatic carbocycles. The molecule has 1 aromatic carbocycles. The molecule has 3 rings (SSSR count). The first-order valence-corrected chi connectivity index (χ1v) is 10.1. The normalized spacial score (nSPS) is 23.4. The maximum atomic E-state index is 12.1. The van der Waals surface area contributed by atoms with E-state index < -0.39 is 9.84 Å². The Morgan fingerprint density at radius 1 is 1.22 bits per heavy atom. The molecule has 6 heteroatoms. The van der Waals surface area contributed by atoms with E-state index in [4.69, 9.17) is 0 Å². The van der Waals surface area contributed by atoms with E-state index in [9.17, 15) is 13.2 Å². The van der Waals surface area contributed by atoms with Gasteiger partial charge in [-0.05, 0) is 29.9 Å². The molecular weight excluding hydrogens is 312 g/mol. The Hall–Kier alpha value is -1.40. The van der Waals surface area contributed by atoms with Gasteiger partial charge in [0, 0.05) is 32.6 Å². The van der Waals surface area contributed by atoms with Crippen LogP contribution in [-0.2, 0) is 21.1 Å². The molecule has 1 saturated heterocycles. The molecule has 0 aromatic heterocycles. The lowest BCUT2D eigenvalue weighted by Gasteiger charge is -2.26. The first kappa shape index (κ1) is 16.5. The molecule has 1 unspecified atom stereocenters. The molecule has 1 heterocycles. The van der Waals surface area contributed by atoms with Crippen molar-refractivity contribution in [1.29, 1.82) is 0 Å². The Morgan fingerprint density at radius 2 is 1.96 bits per heavy atom. The molecule has 0 bridgehead atoms. The molecule has 5 nitrogen and oxygen atoms in total. The van der Waals surface area contributed by atoms with Crippen LogP contribution in [0.1, 0.15) is 29.9 Å². The lowest BCUT2D eigenvalue weighted by Crippen LogP contribution is -2.43. The number of nitrogens with one attached hydrogen (secondary N) is 1. The Kier molecular flexibility index (Phi) is 5.02. The quantitative estimate of drug-likeness (QED) is 0.869. The number of nitrogens with zero attached hydrogens (tertiary/aromatic N) is 1. The van der Waals surface area contributed by atoms with Crippen LogP contribution < -0.4 is 5.32 Å². The number of sulfone groups is 1. The maximum Gasteiger partial charge on any atom is 0.220 e. The molecule has 0 spiro atoms. The zero-order valence-corrected chi connectivity index (χ0v) is 14.1. The van der Waals surface area contributed by atoms with Crippen LogP contribution in [0, 0.1) is 0 Å². The Morgan fingerprint density at radius 3 is 2.74 bits per heavy atom. The smallest absolute Gasteiger partial charge is 0.220 e. The molecule has 1 aromatic rings. The number of carbonyl (C=O) groups excluding carboxylic acids is 1. The minimum Gasteiger partial charge on any atom is -0.355 e. The summed E-state index contributed by atoms with van der Waals surface area (Å²) in [4.78, 5) is 14.2. The molecule has 1 fully saturated rings. The highest BCUT2D eigenvalue weighted by Crippen LogP contribution is 2.34. The number of hydrogen-bond acceptors (Lipinski definition) is 4. The fourth-order valence-electron chi connectivity index (χ4n) is 3.48. The van der Waals surface area contributed by atoms with Crippen molar-refractivity contribution in [2.24, 2.45) is 0 Å². The van der Waals surface area contributed by atoms with Crippen LogP contribution in [0.15, 0.2) is 24.3 Å². The van der Waals surface area contributed by atoms with Crippen molar-refractivity contribution >= 4 is 15.7 Å². The Labute approximate surface area is 138 Å². The van der Waals surface area contributed by atoms with Gasteiger partial charge in [0.05, 0.1) is 11.5 Å². The van der Waals surface area contributed by atoms with Gasteiger partial charge in [-0.2, -0.15) is 0 Å². The monoisotopic (exact) mass is 336 g/mol. The fraction of sp³-hybridized carbons (Fsp3) is 0.588. The van der Waals surface area contributed by atoms with Crippen LogP contribution in [0.2, 0.25) is 0 Å². The number of hydrogen-bond donors (Lipinski definition) is 1. The lowest BCUT2D eigenvalue weighted by atomic mass is 9.97. The van der Waals surface area contributed by atoms with Gasteiger partial charge in [0.15, 0.2) is 9.84 Å². The van der Waals surface area contributed by atoms with Crippen LogP contribution in [0.5, 0.6) is 0 Å². The standard InChI is InChI=1S/C17H24N2O3S/c20-17(13-15-6-5-14-3-1-2-4-16(14)15)18-7-8-19-9-11-23(21,22)12-10-19/h1-4,15H,5-13H2,(H,18,20). The summed E-state index contributed by atoms with van der Waals surface area (Å²) in [6.07, 6.45) is 2.67. The van der Waals surface area contributed by atoms with Crippen molar-refractivity contribution in [2.45, 2.75) is 25.2 Å². The number of fused-ring (bicyclic) bond motifs is 1. The molecule has 1 amide bonds. The van der Waals surface area contributed by atoms with Crippen LogP contribution >= 0.6 is 0 Å². The van der Waals surface area contributed by atoms with E-state index in [-0.39, 0.29) is 17.4 Å².